The number of nitrogens with one attached hydrogen (secondary N) is 1. The number of rotatable bonds is 9. The van der Waals surface area contributed by atoms with E-state index in [0.717, 1.165) is 75.6 Å². The van der Waals surface area contributed by atoms with Crippen molar-refractivity contribution in [2.24, 2.45) is 5.41 Å². The first kappa shape index (κ1) is 27.1. The van der Waals surface area contributed by atoms with Gasteiger partial charge in [-0.1, -0.05) is 37.3 Å². The number of H-pyrrole nitrogens is 1. The van der Waals surface area contributed by atoms with E-state index in [2.05, 4.69) is 87.5 Å². The molecule has 1 aliphatic carbocycles. The molecular weight excluding hydrogens is 524 g/mol. The predicted molar refractivity (Wildman–Crippen MR) is 166 cm³/mol. The zero-order valence-electron chi connectivity index (χ0n) is 25.1. The van der Waals surface area contributed by atoms with Gasteiger partial charge in [0, 0.05) is 54.1 Å². The van der Waals surface area contributed by atoms with E-state index in [4.69, 9.17) is 14.7 Å². The van der Waals surface area contributed by atoms with Gasteiger partial charge in [-0.2, -0.15) is 25.4 Å². The summed E-state index contributed by atoms with van der Waals surface area (Å²) in [6.07, 6.45) is 8.39. The van der Waals surface area contributed by atoms with Crippen LogP contribution in [0.3, 0.4) is 0 Å². The molecule has 1 saturated heterocycles. The maximum atomic E-state index is 6.46. The number of benzene rings is 2. The van der Waals surface area contributed by atoms with Gasteiger partial charge >= 0.3 is 6.01 Å². The zero-order chi connectivity index (χ0) is 28.7. The summed E-state index contributed by atoms with van der Waals surface area (Å²) in [6, 6.07) is 13.9. The zero-order valence-corrected chi connectivity index (χ0v) is 25.1. The molecule has 4 aromatic rings. The van der Waals surface area contributed by atoms with Gasteiger partial charge < -0.3 is 19.4 Å². The fraction of sp³-hybridized carbons (Fsp3) is 0.515. The van der Waals surface area contributed by atoms with E-state index in [-0.39, 0.29) is 5.41 Å². The van der Waals surface area contributed by atoms with Gasteiger partial charge in [0.1, 0.15) is 5.82 Å². The Hall–Kier alpha value is -3.72. The fourth-order valence-corrected chi connectivity index (χ4v) is 7.11. The summed E-state index contributed by atoms with van der Waals surface area (Å²) in [5.41, 5.74) is 6.30. The lowest BCUT2D eigenvalue weighted by Crippen LogP contribution is -2.38. The Balaban J connectivity index is 1.23. The molecule has 4 heterocycles. The average molecular weight is 567 g/mol. The lowest BCUT2D eigenvalue weighted by molar-refractivity contribution is 0.182. The third-order valence-corrected chi connectivity index (χ3v) is 9.40. The Morgan fingerprint density at radius 3 is 2.69 bits per heavy atom. The first-order chi connectivity index (χ1) is 20.5. The van der Waals surface area contributed by atoms with Crippen LogP contribution in [-0.2, 0) is 19.4 Å². The average Bonchev–Trinajstić information content (AvgIpc) is 3.54. The number of anilines is 2. The molecule has 9 nitrogen and oxygen atoms in total. The minimum atomic E-state index is 0.220. The third kappa shape index (κ3) is 5.30. The normalized spacial score (nSPS) is 19.8. The van der Waals surface area contributed by atoms with Crippen LogP contribution in [0, 0.1) is 5.41 Å². The molecule has 2 aromatic heterocycles. The van der Waals surface area contributed by atoms with Gasteiger partial charge in [-0.3, -0.25) is 0 Å². The third-order valence-electron chi connectivity index (χ3n) is 9.40. The Morgan fingerprint density at radius 2 is 1.93 bits per heavy atom. The van der Waals surface area contributed by atoms with E-state index in [0.29, 0.717) is 18.5 Å². The van der Waals surface area contributed by atoms with Crippen molar-refractivity contribution >= 4 is 22.3 Å². The van der Waals surface area contributed by atoms with E-state index in [9.17, 15) is 0 Å². The van der Waals surface area contributed by atoms with Crippen molar-refractivity contribution in [2.75, 3.05) is 56.7 Å². The number of fused-ring (bicyclic) bond motifs is 2. The van der Waals surface area contributed by atoms with Gasteiger partial charge in [-0.15, -0.1) is 0 Å². The van der Waals surface area contributed by atoms with Crippen molar-refractivity contribution in [3.8, 4) is 6.01 Å². The van der Waals surface area contributed by atoms with E-state index >= 15 is 0 Å². The summed E-state index contributed by atoms with van der Waals surface area (Å²) < 4.78 is 6.46. The number of piperidine rings is 1. The van der Waals surface area contributed by atoms with Crippen LogP contribution in [0.2, 0.25) is 0 Å². The largest absolute Gasteiger partial charge is 0.463 e. The molecule has 9 heteroatoms. The lowest BCUT2D eigenvalue weighted by atomic mass is 9.94. The van der Waals surface area contributed by atoms with Crippen molar-refractivity contribution in [1.29, 1.82) is 0 Å². The SMILES string of the molecule is CCc1cccc2cccc(N3CCc4c(nc(OCC5(CN(C)C)CC5)nc4N4CCCC(c5cn[nH]n5)C4)C3)c12. The Labute approximate surface area is 248 Å². The highest BCUT2D eigenvalue weighted by Crippen LogP contribution is 2.46. The quantitative estimate of drug-likeness (QED) is 0.304. The van der Waals surface area contributed by atoms with Crippen molar-refractivity contribution in [3.05, 3.63) is 65.1 Å². The van der Waals surface area contributed by atoms with Crippen LogP contribution in [0.1, 0.15) is 61.0 Å². The van der Waals surface area contributed by atoms with Gasteiger partial charge in [0.2, 0.25) is 0 Å². The predicted octanol–water partition coefficient (Wildman–Crippen LogP) is 4.98. The van der Waals surface area contributed by atoms with Crippen molar-refractivity contribution < 1.29 is 4.74 Å². The number of hydrogen-bond donors (Lipinski definition) is 1. The van der Waals surface area contributed by atoms with Crippen LogP contribution < -0.4 is 14.5 Å². The molecule has 2 aromatic carbocycles. The molecule has 220 valence electrons. The van der Waals surface area contributed by atoms with Crippen LogP contribution in [-0.4, -0.2) is 77.2 Å². The van der Waals surface area contributed by atoms with Gasteiger partial charge in [-0.25, -0.2) is 0 Å². The standard InChI is InChI=1S/C33H42N8O/c1-4-23-8-5-9-24-10-6-12-29(30(23)24)40-17-13-26-28(20-40)35-32(42-22-33(14-15-33)21-39(2)3)36-31(26)41-16-7-11-25(19-41)27-18-34-38-37-27/h5-6,8-10,12,18,25H,4,7,11,13-17,19-22H2,1-3H3,(H,34,37,38). The molecule has 0 spiro atoms. The fourth-order valence-electron chi connectivity index (χ4n) is 7.11. The number of aromatic amines is 1. The summed E-state index contributed by atoms with van der Waals surface area (Å²) in [5, 5.41) is 13.9. The molecular formula is C33H42N8O. The highest BCUT2D eigenvalue weighted by Gasteiger charge is 2.44. The minimum Gasteiger partial charge on any atom is -0.463 e. The molecule has 3 aliphatic rings. The molecule has 1 atom stereocenters. The number of aromatic nitrogens is 5. The van der Waals surface area contributed by atoms with Crippen molar-refractivity contribution in [3.63, 3.8) is 0 Å². The second kappa shape index (κ2) is 11.2. The first-order valence-electron chi connectivity index (χ1n) is 15.6. The van der Waals surface area contributed by atoms with Gasteiger partial charge in [-0.05, 0) is 69.6 Å². The molecule has 0 amide bonds. The maximum absolute atomic E-state index is 6.46. The molecule has 7 rings (SSSR count). The summed E-state index contributed by atoms with van der Waals surface area (Å²) in [7, 11) is 4.28. The van der Waals surface area contributed by atoms with Crippen LogP contribution >= 0.6 is 0 Å². The summed E-state index contributed by atoms with van der Waals surface area (Å²) in [5.74, 6) is 1.39. The van der Waals surface area contributed by atoms with Crippen LogP contribution in [0.5, 0.6) is 6.01 Å². The van der Waals surface area contributed by atoms with E-state index in [1.165, 1.54) is 40.4 Å². The monoisotopic (exact) mass is 566 g/mol. The van der Waals surface area contributed by atoms with Crippen LogP contribution in [0.25, 0.3) is 10.8 Å². The highest BCUT2D eigenvalue weighted by atomic mass is 16.5. The van der Waals surface area contributed by atoms with Crippen molar-refractivity contribution in [2.45, 2.75) is 57.9 Å². The topological polar surface area (TPSA) is 86.3 Å². The van der Waals surface area contributed by atoms with Crippen molar-refractivity contribution in [1.82, 2.24) is 30.3 Å². The second-order valence-corrected chi connectivity index (χ2v) is 12.8. The molecule has 1 saturated carbocycles. The minimum absolute atomic E-state index is 0.220. The summed E-state index contributed by atoms with van der Waals surface area (Å²) >= 11 is 0. The highest BCUT2D eigenvalue weighted by molar-refractivity contribution is 5.97. The number of nitrogens with zero attached hydrogens (tertiary/aromatic N) is 7. The molecule has 0 bridgehead atoms. The summed E-state index contributed by atoms with van der Waals surface area (Å²) in [6.45, 7) is 7.49. The van der Waals surface area contributed by atoms with E-state index in [1.54, 1.807) is 0 Å². The number of hydrogen-bond acceptors (Lipinski definition) is 8. The van der Waals surface area contributed by atoms with Gasteiger partial charge in [0.15, 0.2) is 0 Å². The molecule has 2 aliphatic heterocycles. The molecule has 1 unspecified atom stereocenters. The molecule has 42 heavy (non-hydrogen) atoms. The van der Waals surface area contributed by atoms with Crippen LogP contribution in [0.4, 0.5) is 11.5 Å². The summed E-state index contributed by atoms with van der Waals surface area (Å²) in [4.78, 5) is 17.5. The molecule has 2 fully saturated rings. The Bertz CT molecular complexity index is 1540. The maximum Gasteiger partial charge on any atom is 0.318 e. The Kier molecular flexibility index (Phi) is 7.22. The Morgan fingerprint density at radius 1 is 1.07 bits per heavy atom. The number of ether oxygens (including phenoxy) is 1. The van der Waals surface area contributed by atoms with E-state index in [1.807, 2.05) is 6.20 Å². The molecule has 0 radical (unpaired) electrons. The lowest BCUT2D eigenvalue weighted by Gasteiger charge is -2.37. The molecule has 1 N–H and O–H groups in total. The number of aryl methyl sites for hydroxylation is 1. The smallest absolute Gasteiger partial charge is 0.318 e. The first-order valence-corrected chi connectivity index (χ1v) is 15.6. The second-order valence-electron chi connectivity index (χ2n) is 12.8. The van der Waals surface area contributed by atoms with Gasteiger partial charge in [0.25, 0.3) is 0 Å². The van der Waals surface area contributed by atoms with E-state index < -0.39 is 0 Å². The van der Waals surface area contributed by atoms with Crippen LogP contribution in [0.15, 0.2) is 42.6 Å². The van der Waals surface area contributed by atoms with Gasteiger partial charge in [0.05, 0.1) is 30.7 Å².